The van der Waals surface area contributed by atoms with Gasteiger partial charge in [0.1, 0.15) is 17.9 Å². The maximum Gasteiger partial charge on any atom is 0.329 e. The van der Waals surface area contributed by atoms with Gasteiger partial charge in [-0.25, -0.2) is 9.97 Å². The Bertz CT molecular complexity index is 925. The van der Waals surface area contributed by atoms with Crippen LogP contribution < -0.4 is 10.1 Å². The average Bonchev–Trinajstić information content (AvgIpc) is 2.59. The zero-order chi connectivity index (χ0) is 17.9. The number of rotatable bonds is 6. The summed E-state index contributed by atoms with van der Waals surface area (Å²) >= 11 is 0. The Morgan fingerprint density at radius 2 is 1.80 bits per heavy atom. The monoisotopic (exact) mass is 359 g/mol. The van der Waals surface area contributed by atoms with Crippen LogP contribution in [0.1, 0.15) is 11.1 Å². The second kappa shape index (κ2) is 7.19. The van der Waals surface area contributed by atoms with Gasteiger partial charge in [0.15, 0.2) is 0 Å². The SMILES string of the molecule is COc1ccc2ncnc(NCc3ccc(CP(=O)(O)O)cc3)c2c1. The highest BCUT2D eigenvalue weighted by Gasteiger charge is 2.13. The van der Waals surface area contributed by atoms with Gasteiger partial charge in [0.25, 0.3) is 0 Å². The fourth-order valence-corrected chi connectivity index (χ4v) is 3.18. The Balaban J connectivity index is 1.75. The number of aromatic nitrogens is 2. The van der Waals surface area contributed by atoms with Gasteiger partial charge in [0, 0.05) is 11.9 Å². The molecule has 0 aliphatic carbocycles. The molecule has 0 aliphatic rings. The molecule has 2 aromatic carbocycles. The number of fused-ring (bicyclic) bond motifs is 1. The first kappa shape index (κ1) is 17.4. The van der Waals surface area contributed by atoms with Crippen molar-refractivity contribution in [3.63, 3.8) is 0 Å². The van der Waals surface area contributed by atoms with Crippen molar-refractivity contribution in [2.75, 3.05) is 12.4 Å². The molecule has 0 fully saturated rings. The van der Waals surface area contributed by atoms with Gasteiger partial charge in [-0.05, 0) is 29.3 Å². The molecule has 0 bridgehead atoms. The molecule has 0 unspecified atom stereocenters. The summed E-state index contributed by atoms with van der Waals surface area (Å²) in [7, 11) is -2.44. The molecule has 0 saturated heterocycles. The van der Waals surface area contributed by atoms with E-state index >= 15 is 0 Å². The first-order chi connectivity index (χ1) is 11.9. The van der Waals surface area contributed by atoms with E-state index in [4.69, 9.17) is 14.5 Å². The van der Waals surface area contributed by atoms with Crippen LogP contribution in [-0.2, 0) is 17.3 Å². The zero-order valence-corrected chi connectivity index (χ0v) is 14.5. The minimum absolute atomic E-state index is 0.253. The lowest BCUT2D eigenvalue weighted by Gasteiger charge is -2.10. The minimum Gasteiger partial charge on any atom is -0.497 e. The minimum atomic E-state index is -4.05. The summed E-state index contributed by atoms with van der Waals surface area (Å²) in [6.45, 7) is 0.527. The Hall–Kier alpha value is -2.47. The number of methoxy groups -OCH3 is 1. The Kier molecular flexibility index (Phi) is 4.99. The molecule has 1 aromatic heterocycles. The summed E-state index contributed by atoms with van der Waals surface area (Å²) in [5.41, 5.74) is 2.40. The first-order valence-electron chi connectivity index (χ1n) is 7.59. The number of hydrogen-bond acceptors (Lipinski definition) is 5. The van der Waals surface area contributed by atoms with Crippen molar-refractivity contribution in [2.24, 2.45) is 0 Å². The summed E-state index contributed by atoms with van der Waals surface area (Å²) in [4.78, 5) is 26.5. The number of anilines is 1. The molecule has 3 rings (SSSR count). The molecular weight excluding hydrogens is 341 g/mol. The molecule has 8 heteroatoms. The van der Waals surface area contributed by atoms with Crippen LogP contribution >= 0.6 is 7.60 Å². The number of hydrogen-bond donors (Lipinski definition) is 3. The number of ether oxygens (including phenoxy) is 1. The number of benzene rings is 2. The first-order valence-corrected chi connectivity index (χ1v) is 9.39. The Morgan fingerprint density at radius 3 is 2.48 bits per heavy atom. The van der Waals surface area contributed by atoms with Crippen molar-refractivity contribution in [3.05, 3.63) is 59.9 Å². The molecular formula is C17H18N3O4P. The zero-order valence-electron chi connectivity index (χ0n) is 13.6. The van der Waals surface area contributed by atoms with Crippen LogP contribution in [0.15, 0.2) is 48.8 Å². The Labute approximate surface area is 144 Å². The second-order valence-corrected chi connectivity index (χ2v) is 7.24. The molecule has 25 heavy (non-hydrogen) atoms. The fourth-order valence-electron chi connectivity index (χ4n) is 2.49. The van der Waals surface area contributed by atoms with Crippen molar-refractivity contribution in [1.29, 1.82) is 0 Å². The van der Waals surface area contributed by atoms with Crippen LogP contribution in [0.3, 0.4) is 0 Å². The topological polar surface area (TPSA) is 105 Å². The van der Waals surface area contributed by atoms with Gasteiger partial charge in [0.2, 0.25) is 0 Å². The van der Waals surface area contributed by atoms with Crippen LogP contribution in [-0.4, -0.2) is 26.9 Å². The number of nitrogens with one attached hydrogen (secondary N) is 1. The summed E-state index contributed by atoms with van der Waals surface area (Å²) in [6.07, 6.45) is 1.25. The van der Waals surface area contributed by atoms with E-state index in [1.54, 1.807) is 19.2 Å². The van der Waals surface area contributed by atoms with E-state index in [2.05, 4.69) is 15.3 Å². The lowest BCUT2D eigenvalue weighted by atomic mass is 10.1. The third-order valence-corrected chi connectivity index (χ3v) is 4.49. The van der Waals surface area contributed by atoms with Gasteiger partial charge in [-0.2, -0.15) is 0 Å². The van der Waals surface area contributed by atoms with Crippen LogP contribution in [0.25, 0.3) is 10.9 Å². The second-order valence-electron chi connectivity index (χ2n) is 5.60. The molecule has 0 radical (unpaired) electrons. The van der Waals surface area contributed by atoms with E-state index in [1.165, 1.54) is 6.33 Å². The smallest absolute Gasteiger partial charge is 0.329 e. The molecule has 3 aromatic rings. The normalized spacial score (nSPS) is 11.5. The molecule has 0 amide bonds. The van der Waals surface area contributed by atoms with E-state index < -0.39 is 7.60 Å². The molecule has 130 valence electrons. The molecule has 0 spiro atoms. The molecule has 0 saturated carbocycles. The van der Waals surface area contributed by atoms with E-state index in [-0.39, 0.29) is 6.16 Å². The quantitative estimate of drug-likeness (QED) is 0.581. The van der Waals surface area contributed by atoms with Crippen molar-refractivity contribution in [2.45, 2.75) is 12.7 Å². The summed E-state index contributed by atoms with van der Waals surface area (Å²) in [5, 5.41) is 4.12. The van der Waals surface area contributed by atoms with Crippen LogP contribution in [0.4, 0.5) is 5.82 Å². The summed E-state index contributed by atoms with van der Waals surface area (Å²) in [6, 6.07) is 12.7. The summed E-state index contributed by atoms with van der Waals surface area (Å²) < 4.78 is 16.3. The average molecular weight is 359 g/mol. The molecule has 7 nitrogen and oxygen atoms in total. The fraction of sp³-hybridized carbons (Fsp3) is 0.176. The van der Waals surface area contributed by atoms with Gasteiger partial charge in [-0.1, -0.05) is 24.3 Å². The third kappa shape index (κ3) is 4.54. The van der Waals surface area contributed by atoms with E-state index in [0.29, 0.717) is 17.9 Å². The van der Waals surface area contributed by atoms with E-state index in [9.17, 15) is 4.57 Å². The van der Waals surface area contributed by atoms with Crippen LogP contribution in [0, 0.1) is 0 Å². The standard InChI is InChI=1S/C17H18N3O4P/c1-24-14-6-7-16-15(8-14)17(20-11-19-16)18-9-12-2-4-13(5-3-12)10-25(21,22)23/h2-8,11H,9-10H2,1H3,(H,18,19,20)(H2,21,22,23). The maximum atomic E-state index is 11.0. The van der Waals surface area contributed by atoms with Gasteiger partial charge in [-0.15, -0.1) is 0 Å². The molecule has 0 aliphatic heterocycles. The third-order valence-electron chi connectivity index (χ3n) is 3.71. The largest absolute Gasteiger partial charge is 0.497 e. The van der Waals surface area contributed by atoms with Crippen molar-refractivity contribution >= 4 is 24.3 Å². The van der Waals surface area contributed by atoms with E-state index in [1.807, 2.05) is 30.3 Å². The maximum absolute atomic E-state index is 11.0. The van der Waals surface area contributed by atoms with Crippen molar-refractivity contribution in [1.82, 2.24) is 9.97 Å². The van der Waals surface area contributed by atoms with Gasteiger partial charge >= 0.3 is 7.60 Å². The van der Waals surface area contributed by atoms with Crippen LogP contribution in [0.2, 0.25) is 0 Å². The molecule has 1 heterocycles. The predicted molar refractivity (Wildman–Crippen MR) is 95.6 cm³/mol. The van der Waals surface area contributed by atoms with Gasteiger partial charge < -0.3 is 19.8 Å². The highest BCUT2D eigenvalue weighted by atomic mass is 31.2. The molecule has 0 atom stereocenters. The lowest BCUT2D eigenvalue weighted by Crippen LogP contribution is -2.03. The van der Waals surface area contributed by atoms with Crippen molar-refractivity contribution < 1.29 is 19.1 Å². The van der Waals surface area contributed by atoms with Crippen molar-refractivity contribution in [3.8, 4) is 5.75 Å². The molecule has 3 N–H and O–H groups in total. The lowest BCUT2D eigenvalue weighted by molar-refractivity contribution is 0.371. The predicted octanol–water partition coefficient (Wildman–Crippen LogP) is 2.93. The summed E-state index contributed by atoms with van der Waals surface area (Å²) in [5.74, 6) is 1.43. The van der Waals surface area contributed by atoms with Gasteiger partial charge in [-0.3, -0.25) is 4.57 Å². The van der Waals surface area contributed by atoms with Crippen LogP contribution in [0.5, 0.6) is 5.75 Å². The highest BCUT2D eigenvalue weighted by molar-refractivity contribution is 7.50. The van der Waals surface area contributed by atoms with E-state index in [0.717, 1.165) is 22.2 Å². The highest BCUT2D eigenvalue weighted by Crippen LogP contribution is 2.38. The number of nitrogens with zero attached hydrogens (tertiary/aromatic N) is 2. The van der Waals surface area contributed by atoms with Gasteiger partial charge in [0.05, 0.1) is 18.8 Å². The Morgan fingerprint density at radius 1 is 1.08 bits per heavy atom.